The van der Waals surface area contributed by atoms with E-state index in [-0.39, 0.29) is 68.0 Å². The number of aromatic nitrogens is 1. The zero-order chi connectivity index (χ0) is 56.7. The van der Waals surface area contributed by atoms with E-state index in [0.29, 0.717) is 11.1 Å². The number of hydrogen-bond acceptors (Lipinski definition) is 13. The Morgan fingerprint density at radius 3 is 1.96 bits per heavy atom. The lowest BCUT2D eigenvalue weighted by molar-refractivity contribution is -0.149. The Morgan fingerprint density at radius 2 is 1.40 bits per heavy atom. The normalized spacial score (nSPS) is 14.9. The molecule has 75 heavy (non-hydrogen) atoms. The number of benzene rings is 2. The number of Topliss-reactive ketones (excluding diaryl/α,β-unsaturated/α-hetero) is 2. The molecule has 1 aromatic heterocycles. The van der Waals surface area contributed by atoms with Gasteiger partial charge in [0.15, 0.2) is 5.78 Å². The molecule has 0 saturated heterocycles. The summed E-state index contributed by atoms with van der Waals surface area (Å²) in [5.41, 5.74) is 12.9. The molecule has 0 aliphatic rings. The molecule has 7 atom stereocenters. The molecule has 0 spiro atoms. The van der Waals surface area contributed by atoms with Gasteiger partial charge in [0.1, 0.15) is 24.5 Å². The first-order chi connectivity index (χ1) is 34.9. The average molecular weight is 1040 g/mol. The van der Waals surface area contributed by atoms with E-state index >= 15 is 0 Å². The summed E-state index contributed by atoms with van der Waals surface area (Å²) in [6, 6.07) is 9.04. The number of para-hydroxylation sites is 1. The topological polar surface area (TPSA) is 280 Å². The fraction of sp³-hybridized carbons (Fsp3) is 0.554. The summed E-state index contributed by atoms with van der Waals surface area (Å²) in [6.07, 6.45) is 2.54. The van der Waals surface area contributed by atoms with Crippen LogP contribution in [0.25, 0.3) is 10.9 Å². The SMILES string of the molecule is CCOC(=O)[C@@H](CCC(=O)OCc1ccc(CC(=O)[C@H](CC(N)=O)NC(=O)[C@H](C)CC(=O)[C@H](C)N)cc1)NC(=O)/C(C)=C/[C@H](C(C)C)N(C)C(=O)[C@@H](NC(=O)[C@@H](NC)C(C)(C)c1cn(C)c2ccccc12)C(C)(C)C. The van der Waals surface area contributed by atoms with Gasteiger partial charge in [0.05, 0.1) is 37.2 Å². The van der Waals surface area contributed by atoms with Gasteiger partial charge in [-0.3, -0.25) is 38.4 Å². The molecule has 1 heterocycles. The Morgan fingerprint density at radius 1 is 0.787 bits per heavy atom. The number of ether oxygens (including phenoxy) is 2. The molecule has 19 nitrogen and oxygen atoms in total. The van der Waals surface area contributed by atoms with Crippen LogP contribution >= 0.6 is 0 Å². The van der Waals surface area contributed by atoms with Crippen molar-refractivity contribution in [2.24, 2.45) is 35.8 Å². The highest BCUT2D eigenvalue weighted by molar-refractivity contribution is 5.97. The van der Waals surface area contributed by atoms with Crippen molar-refractivity contribution in [2.75, 3.05) is 20.7 Å². The van der Waals surface area contributed by atoms with Gasteiger partial charge in [0.2, 0.25) is 29.5 Å². The van der Waals surface area contributed by atoms with Crippen LogP contribution in [0.1, 0.15) is 119 Å². The van der Waals surface area contributed by atoms with E-state index < -0.39 is 94.9 Å². The van der Waals surface area contributed by atoms with Crippen molar-refractivity contribution in [3.63, 3.8) is 0 Å². The average Bonchev–Trinajstić information content (AvgIpc) is 3.68. The quantitative estimate of drug-likeness (QED) is 0.0444. The number of nitrogens with zero attached hydrogens (tertiary/aromatic N) is 2. The van der Waals surface area contributed by atoms with Crippen LogP contribution in [-0.4, -0.2) is 119 Å². The number of hydrogen-bond donors (Lipinski definition) is 6. The minimum atomic E-state index is -1.22. The minimum absolute atomic E-state index is 0.0199. The molecule has 19 heteroatoms. The van der Waals surface area contributed by atoms with Crippen LogP contribution < -0.4 is 32.7 Å². The molecule has 8 N–H and O–H groups in total. The van der Waals surface area contributed by atoms with Crippen molar-refractivity contribution in [2.45, 2.75) is 157 Å². The number of esters is 2. The molecule has 0 bridgehead atoms. The van der Waals surface area contributed by atoms with Crippen LogP contribution in [0.5, 0.6) is 0 Å². The van der Waals surface area contributed by atoms with Crippen LogP contribution in [0.15, 0.2) is 66.4 Å². The standard InChI is InChI=1S/C56H82N8O11/c1-15-74-54(73)40(24-25-47(68)75-31-37-22-20-36(21-23-37)28-45(66)41(29-46(58)67)61-51(70)34(5)27-44(65)35(6)57)60-50(69)33(4)26-43(32(2)3)64(14)53(72)49(55(7,8)9)62-52(71)48(59-12)56(10,11)39-30-63(13)42-19-17-16-18-38(39)42/h16-23,26,30,32,34-35,40-41,43,48-49,59H,15,24-25,27-29,31,57H2,1-14H3,(H2,58,67)(H,60,69)(H,61,70)(H,62,71)/b33-26+/t34-,35+,40-,41+,43-,48-,49-/m1/s1. The fourth-order valence-corrected chi connectivity index (χ4v) is 8.82. The van der Waals surface area contributed by atoms with Gasteiger partial charge in [-0.2, -0.15) is 0 Å². The van der Waals surface area contributed by atoms with E-state index in [4.69, 9.17) is 20.9 Å². The van der Waals surface area contributed by atoms with Crippen LogP contribution in [0, 0.1) is 17.3 Å². The summed E-state index contributed by atoms with van der Waals surface area (Å²) in [5.74, 6) is -5.92. The fourth-order valence-electron chi connectivity index (χ4n) is 8.82. The molecule has 0 unspecified atom stereocenters. The molecule has 5 amide bonds. The number of carbonyl (C=O) groups excluding carboxylic acids is 9. The third-order valence-corrected chi connectivity index (χ3v) is 13.4. The van der Waals surface area contributed by atoms with Gasteiger partial charge in [-0.25, -0.2) is 4.79 Å². The van der Waals surface area contributed by atoms with Gasteiger partial charge < -0.3 is 51.7 Å². The Kier molecular flexibility index (Phi) is 23.1. The largest absolute Gasteiger partial charge is 0.464 e. The number of amides is 5. The Balaban J connectivity index is 1.68. The number of rotatable bonds is 28. The first-order valence-electron chi connectivity index (χ1n) is 25.5. The van der Waals surface area contributed by atoms with E-state index in [9.17, 15) is 43.2 Å². The van der Waals surface area contributed by atoms with Crippen molar-refractivity contribution < 1.29 is 52.6 Å². The van der Waals surface area contributed by atoms with Crippen molar-refractivity contribution >= 4 is 63.9 Å². The number of nitrogens with one attached hydrogen (secondary N) is 4. The molecular formula is C56H82N8O11. The van der Waals surface area contributed by atoms with Crippen molar-refractivity contribution in [3.05, 3.63) is 83.1 Å². The molecular weight excluding hydrogens is 961 g/mol. The predicted molar refractivity (Wildman–Crippen MR) is 286 cm³/mol. The zero-order valence-corrected chi connectivity index (χ0v) is 46.4. The molecule has 3 aromatic rings. The number of aryl methyl sites for hydroxylation is 1. The highest BCUT2D eigenvalue weighted by atomic mass is 16.5. The van der Waals surface area contributed by atoms with Crippen LogP contribution in [0.3, 0.4) is 0 Å². The second kappa shape index (κ2) is 27.7. The summed E-state index contributed by atoms with van der Waals surface area (Å²) in [5, 5.41) is 12.5. The van der Waals surface area contributed by atoms with E-state index in [1.807, 2.05) is 90.5 Å². The van der Waals surface area contributed by atoms with Crippen molar-refractivity contribution in [1.29, 1.82) is 0 Å². The lowest BCUT2D eigenvalue weighted by Gasteiger charge is -2.39. The van der Waals surface area contributed by atoms with Crippen molar-refractivity contribution in [1.82, 2.24) is 30.7 Å². The van der Waals surface area contributed by atoms with E-state index in [0.717, 1.165) is 16.5 Å². The Labute approximate surface area is 442 Å². The van der Waals surface area contributed by atoms with E-state index in [1.54, 1.807) is 58.3 Å². The van der Waals surface area contributed by atoms with Gasteiger partial charge >= 0.3 is 11.9 Å². The first-order valence-corrected chi connectivity index (χ1v) is 25.5. The van der Waals surface area contributed by atoms with Gasteiger partial charge in [-0.1, -0.05) is 104 Å². The molecule has 0 radical (unpaired) electrons. The van der Waals surface area contributed by atoms with Crippen LogP contribution in [0.4, 0.5) is 0 Å². The lowest BCUT2D eigenvalue weighted by atomic mass is 9.76. The number of fused-ring (bicyclic) bond motifs is 1. The minimum Gasteiger partial charge on any atom is -0.464 e. The zero-order valence-electron chi connectivity index (χ0n) is 46.4. The van der Waals surface area contributed by atoms with Gasteiger partial charge in [0, 0.05) is 67.4 Å². The maximum atomic E-state index is 14.6. The highest BCUT2D eigenvalue weighted by Crippen LogP contribution is 2.35. The lowest BCUT2D eigenvalue weighted by Crippen LogP contribution is -2.61. The monoisotopic (exact) mass is 1040 g/mol. The molecule has 0 aliphatic heterocycles. The third-order valence-electron chi connectivity index (χ3n) is 13.4. The second-order valence-electron chi connectivity index (χ2n) is 21.5. The number of primary amides is 1. The Bertz CT molecular complexity index is 2560. The summed E-state index contributed by atoms with van der Waals surface area (Å²) in [6.45, 7) is 19.5. The molecule has 3 rings (SSSR count). The maximum absolute atomic E-state index is 14.6. The number of carbonyl (C=O) groups is 9. The summed E-state index contributed by atoms with van der Waals surface area (Å²) >= 11 is 0. The van der Waals surface area contributed by atoms with Gasteiger partial charge in [-0.05, 0) is 68.3 Å². The van der Waals surface area contributed by atoms with Crippen LogP contribution in [-0.2, 0) is 78.1 Å². The molecule has 2 aromatic carbocycles. The predicted octanol–water partition coefficient (Wildman–Crippen LogP) is 3.99. The smallest absolute Gasteiger partial charge is 0.328 e. The van der Waals surface area contributed by atoms with Crippen molar-refractivity contribution in [3.8, 4) is 0 Å². The Hall–Kier alpha value is -6.73. The molecule has 0 fully saturated rings. The third kappa shape index (κ3) is 17.7. The van der Waals surface area contributed by atoms with Gasteiger partial charge in [0.25, 0.3) is 0 Å². The highest BCUT2D eigenvalue weighted by Gasteiger charge is 2.43. The second-order valence-corrected chi connectivity index (χ2v) is 21.5. The number of nitrogens with two attached hydrogens (primary N) is 2. The molecule has 0 saturated carbocycles. The van der Waals surface area contributed by atoms with E-state index in [2.05, 4.69) is 21.3 Å². The van der Waals surface area contributed by atoms with Crippen LogP contribution in [0.2, 0.25) is 0 Å². The molecule has 0 aliphatic carbocycles. The molecule has 412 valence electrons. The summed E-state index contributed by atoms with van der Waals surface area (Å²) in [7, 11) is 5.32. The van der Waals surface area contributed by atoms with E-state index in [1.165, 1.54) is 18.7 Å². The maximum Gasteiger partial charge on any atom is 0.328 e. The number of likely N-dealkylation sites (N-methyl/N-ethyl adjacent to an activating group) is 2. The first kappa shape index (κ1) is 62.6. The summed E-state index contributed by atoms with van der Waals surface area (Å²) < 4.78 is 12.7. The summed E-state index contributed by atoms with van der Waals surface area (Å²) in [4.78, 5) is 120. The number of ketones is 2. The van der Waals surface area contributed by atoms with Gasteiger partial charge in [-0.15, -0.1) is 0 Å².